The molecule has 9 heteroatoms. The van der Waals surface area contributed by atoms with Gasteiger partial charge in [0.25, 0.3) is 0 Å². The Balaban J connectivity index is 1.55. The Morgan fingerprint density at radius 3 is 2.56 bits per heavy atom. The van der Waals surface area contributed by atoms with E-state index in [0.29, 0.717) is 36.6 Å². The molecule has 1 N–H and O–H groups in total. The van der Waals surface area contributed by atoms with Crippen LogP contribution in [0.3, 0.4) is 0 Å². The predicted molar refractivity (Wildman–Crippen MR) is 94.1 cm³/mol. The highest BCUT2D eigenvalue weighted by atomic mass is 32.2. The minimum atomic E-state index is -3.48. The lowest BCUT2D eigenvalue weighted by atomic mass is 9.97. The average molecular weight is 383 g/mol. The van der Waals surface area contributed by atoms with E-state index in [1.54, 1.807) is 11.6 Å². The molecule has 134 valence electrons. The van der Waals surface area contributed by atoms with Crippen molar-refractivity contribution in [3.63, 3.8) is 0 Å². The molecule has 2 heterocycles. The maximum atomic E-state index is 12.9. The van der Waals surface area contributed by atoms with Crippen LogP contribution in [-0.2, 0) is 20.6 Å². The molecular formula is C16H18FN3O3S2. The third-order valence-corrected chi connectivity index (χ3v) is 6.68. The zero-order chi connectivity index (χ0) is 17.9. The molecule has 25 heavy (non-hydrogen) atoms. The van der Waals surface area contributed by atoms with Gasteiger partial charge in [-0.3, -0.25) is 4.79 Å². The molecule has 0 saturated carbocycles. The molecule has 1 fully saturated rings. The summed E-state index contributed by atoms with van der Waals surface area (Å²) in [7, 11) is -3.48. The standard InChI is InChI=1S/C16H18FN3O3S2/c17-14-3-1-12(2-4-14)11-25(22,23)20-8-5-13(6-9-20)15(21)19-16-18-7-10-24-16/h1-4,7,10,13H,5-6,8-9,11H2,(H,18,19,21). The van der Waals surface area contributed by atoms with E-state index in [9.17, 15) is 17.6 Å². The fourth-order valence-corrected chi connectivity index (χ4v) is 4.87. The van der Waals surface area contributed by atoms with Crippen molar-refractivity contribution in [1.29, 1.82) is 0 Å². The summed E-state index contributed by atoms with van der Waals surface area (Å²) in [4.78, 5) is 16.2. The number of sulfonamides is 1. The van der Waals surface area contributed by atoms with Crippen LogP contribution in [0.5, 0.6) is 0 Å². The van der Waals surface area contributed by atoms with Crippen LogP contribution >= 0.6 is 11.3 Å². The number of rotatable bonds is 5. The van der Waals surface area contributed by atoms with Crippen LogP contribution in [-0.4, -0.2) is 36.7 Å². The second-order valence-corrected chi connectivity index (χ2v) is 8.75. The van der Waals surface area contributed by atoms with Crippen LogP contribution in [0.1, 0.15) is 18.4 Å². The number of aromatic nitrogens is 1. The van der Waals surface area contributed by atoms with Crippen molar-refractivity contribution in [2.75, 3.05) is 18.4 Å². The molecule has 0 spiro atoms. The van der Waals surface area contributed by atoms with Gasteiger partial charge < -0.3 is 5.32 Å². The molecule has 1 aliphatic rings. The van der Waals surface area contributed by atoms with E-state index >= 15 is 0 Å². The summed E-state index contributed by atoms with van der Waals surface area (Å²) < 4.78 is 39.3. The normalized spacial score (nSPS) is 16.7. The molecule has 1 aromatic carbocycles. The van der Waals surface area contributed by atoms with Gasteiger partial charge in [0.2, 0.25) is 15.9 Å². The number of carbonyl (C=O) groups excluding carboxylic acids is 1. The number of hydrogen-bond acceptors (Lipinski definition) is 5. The summed E-state index contributed by atoms with van der Waals surface area (Å²) in [5.41, 5.74) is 0.546. The summed E-state index contributed by atoms with van der Waals surface area (Å²) in [6.45, 7) is 0.610. The lowest BCUT2D eigenvalue weighted by Gasteiger charge is -2.30. The summed E-state index contributed by atoms with van der Waals surface area (Å²) in [6.07, 6.45) is 2.56. The van der Waals surface area contributed by atoms with Crippen LogP contribution in [0.25, 0.3) is 0 Å². The first-order valence-electron chi connectivity index (χ1n) is 7.87. The molecule has 0 radical (unpaired) electrons. The van der Waals surface area contributed by atoms with E-state index in [-0.39, 0.29) is 17.6 Å². The Labute approximate surface area is 149 Å². The van der Waals surface area contributed by atoms with Gasteiger partial charge in [0.15, 0.2) is 5.13 Å². The van der Waals surface area contributed by atoms with Crippen molar-refractivity contribution in [3.05, 3.63) is 47.2 Å². The van der Waals surface area contributed by atoms with Gasteiger partial charge in [-0.05, 0) is 30.5 Å². The largest absolute Gasteiger partial charge is 0.302 e. The van der Waals surface area contributed by atoms with Crippen molar-refractivity contribution < 1.29 is 17.6 Å². The van der Waals surface area contributed by atoms with E-state index in [4.69, 9.17) is 0 Å². The van der Waals surface area contributed by atoms with Crippen molar-refractivity contribution in [2.45, 2.75) is 18.6 Å². The zero-order valence-electron chi connectivity index (χ0n) is 13.4. The molecular weight excluding hydrogens is 365 g/mol. The van der Waals surface area contributed by atoms with Crippen LogP contribution in [0.4, 0.5) is 9.52 Å². The van der Waals surface area contributed by atoms with Gasteiger partial charge >= 0.3 is 0 Å². The molecule has 3 rings (SSSR count). The zero-order valence-corrected chi connectivity index (χ0v) is 15.0. The Morgan fingerprint density at radius 2 is 1.96 bits per heavy atom. The highest BCUT2D eigenvalue weighted by Crippen LogP contribution is 2.23. The SMILES string of the molecule is O=C(Nc1nccs1)C1CCN(S(=O)(=O)Cc2ccc(F)cc2)CC1. The first-order valence-corrected chi connectivity index (χ1v) is 10.4. The fraction of sp³-hybridized carbons (Fsp3) is 0.375. The van der Waals surface area contributed by atoms with Crippen LogP contribution in [0.2, 0.25) is 0 Å². The third kappa shape index (κ3) is 4.62. The topological polar surface area (TPSA) is 79.4 Å². The fourth-order valence-electron chi connectivity index (χ4n) is 2.77. The number of carbonyl (C=O) groups is 1. The van der Waals surface area contributed by atoms with Gasteiger partial charge in [0.05, 0.1) is 5.75 Å². The van der Waals surface area contributed by atoms with Crippen molar-refractivity contribution in [1.82, 2.24) is 9.29 Å². The van der Waals surface area contributed by atoms with E-state index in [1.165, 1.54) is 39.9 Å². The van der Waals surface area contributed by atoms with Crippen molar-refractivity contribution in [3.8, 4) is 0 Å². The van der Waals surface area contributed by atoms with Crippen molar-refractivity contribution in [2.24, 2.45) is 5.92 Å². The molecule has 0 bridgehead atoms. The Bertz CT molecular complexity index is 815. The first kappa shape index (κ1) is 18.0. The number of benzene rings is 1. The minimum absolute atomic E-state index is 0.120. The molecule has 0 atom stereocenters. The summed E-state index contributed by atoms with van der Waals surface area (Å²) in [5, 5.41) is 5.09. The molecule has 1 amide bonds. The number of piperidine rings is 1. The van der Waals surface area contributed by atoms with Gasteiger partial charge in [0, 0.05) is 30.6 Å². The molecule has 1 aromatic heterocycles. The van der Waals surface area contributed by atoms with E-state index < -0.39 is 15.8 Å². The molecule has 0 aliphatic carbocycles. The predicted octanol–water partition coefficient (Wildman–Crippen LogP) is 2.46. The van der Waals surface area contributed by atoms with E-state index in [1.807, 2.05) is 0 Å². The number of amides is 1. The summed E-state index contributed by atoms with van der Waals surface area (Å²) in [6, 6.07) is 5.45. The van der Waals surface area contributed by atoms with E-state index in [2.05, 4.69) is 10.3 Å². The van der Waals surface area contributed by atoms with Crippen LogP contribution in [0.15, 0.2) is 35.8 Å². The van der Waals surface area contributed by atoms with Gasteiger partial charge in [-0.25, -0.2) is 22.1 Å². The maximum Gasteiger partial charge on any atom is 0.229 e. The summed E-state index contributed by atoms with van der Waals surface area (Å²) in [5.74, 6) is -0.900. The monoisotopic (exact) mass is 383 g/mol. The third-order valence-electron chi connectivity index (χ3n) is 4.14. The number of hydrogen-bond donors (Lipinski definition) is 1. The van der Waals surface area contributed by atoms with Gasteiger partial charge in [-0.2, -0.15) is 0 Å². The number of halogens is 1. The summed E-state index contributed by atoms with van der Waals surface area (Å²) >= 11 is 1.35. The minimum Gasteiger partial charge on any atom is -0.302 e. The van der Waals surface area contributed by atoms with Gasteiger partial charge in [0.1, 0.15) is 5.82 Å². The lowest BCUT2D eigenvalue weighted by molar-refractivity contribution is -0.120. The smallest absolute Gasteiger partial charge is 0.229 e. The quantitative estimate of drug-likeness (QED) is 0.860. The lowest BCUT2D eigenvalue weighted by Crippen LogP contribution is -2.41. The van der Waals surface area contributed by atoms with Crippen LogP contribution in [0, 0.1) is 11.7 Å². The average Bonchev–Trinajstić information content (AvgIpc) is 3.10. The second kappa shape index (κ2) is 7.59. The number of nitrogens with one attached hydrogen (secondary N) is 1. The van der Waals surface area contributed by atoms with Crippen LogP contribution < -0.4 is 5.32 Å². The molecule has 2 aromatic rings. The van der Waals surface area contributed by atoms with E-state index in [0.717, 1.165) is 0 Å². The molecule has 1 saturated heterocycles. The molecule has 0 unspecified atom stereocenters. The number of nitrogens with zero attached hydrogens (tertiary/aromatic N) is 2. The molecule has 6 nitrogen and oxygen atoms in total. The van der Waals surface area contributed by atoms with Gasteiger partial charge in [-0.1, -0.05) is 12.1 Å². The number of anilines is 1. The van der Waals surface area contributed by atoms with Gasteiger partial charge in [-0.15, -0.1) is 11.3 Å². The number of thiazole rings is 1. The van der Waals surface area contributed by atoms with Crippen molar-refractivity contribution >= 4 is 32.4 Å². The second-order valence-electron chi connectivity index (χ2n) is 5.88. The first-order chi connectivity index (χ1) is 11.9. The Hall–Kier alpha value is -1.84. The Morgan fingerprint density at radius 1 is 1.28 bits per heavy atom. The molecule has 1 aliphatic heterocycles. The Kier molecular flexibility index (Phi) is 5.45. The highest BCUT2D eigenvalue weighted by molar-refractivity contribution is 7.88. The maximum absolute atomic E-state index is 12.9. The highest BCUT2D eigenvalue weighted by Gasteiger charge is 2.31.